The van der Waals surface area contributed by atoms with Crippen LogP contribution in [0.25, 0.3) is 10.9 Å². The minimum atomic E-state index is -0.336. The summed E-state index contributed by atoms with van der Waals surface area (Å²) in [5.41, 5.74) is 1.62. The molecule has 0 aliphatic carbocycles. The average Bonchev–Trinajstić information content (AvgIpc) is 2.82. The molecule has 0 radical (unpaired) electrons. The Kier molecular flexibility index (Phi) is 8.56. The van der Waals surface area contributed by atoms with Crippen molar-refractivity contribution in [3.05, 3.63) is 76.3 Å². The zero-order chi connectivity index (χ0) is 22.9. The lowest BCUT2D eigenvalue weighted by atomic mass is 10.1. The molecule has 1 aromatic heterocycles. The predicted molar refractivity (Wildman–Crippen MR) is 127 cm³/mol. The van der Waals surface area contributed by atoms with Gasteiger partial charge in [0.15, 0.2) is 0 Å². The van der Waals surface area contributed by atoms with Crippen LogP contribution >= 0.6 is 0 Å². The average molecular weight is 436 g/mol. The van der Waals surface area contributed by atoms with Gasteiger partial charge in [0.25, 0.3) is 5.56 Å². The molecule has 1 heterocycles. The standard InChI is InChI=1S/C26H33N3O3/c1-4-6-12-17-29(24(30)19-32-18-21-13-8-7-9-14-21)20(3)25-27-23-16-11-10-15-22(23)26(31)28(25)5-2/h7-11,13-16,20H,4-6,12,17-19H2,1-3H3. The number of unbranched alkanes of at least 4 members (excludes halogenated alkanes) is 2. The molecule has 0 bridgehead atoms. The van der Waals surface area contributed by atoms with Gasteiger partial charge in [-0.15, -0.1) is 0 Å². The molecule has 3 rings (SSSR count). The number of benzene rings is 2. The Balaban J connectivity index is 1.84. The van der Waals surface area contributed by atoms with E-state index in [1.54, 1.807) is 10.6 Å². The van der Waals surface area contributed by atoms with Crippen LogP contribution in [-0.2, 0) is 22.7 Å². The monoisotopic (exact) mass is 435 g/mol. The number of amides is 1. The van der Waals surface area contributed by atoms with Crippen molar-refractivity contribution >= 4 is 16.8 Å². The zero-order valence-electron chi connectivity index (χ0n) is 19.3. The molecule has 0 aliphatic heterocycles. The van der Waals surface area contributed by atoms with Gasteiger partial charge in [0.05, 0.1) is 23.6 Å². The lowest BCUT2D eigenvalue weighted by molar-refractivity contribution is -0.139. The Morgan fingerprint density at radius 3 is 2.50 bits per heavy atom. The summed E-state index contributed by atoms with van der Waals surface area (Å²) in [4.78, 5) is 32.8. The maximum atomic E-state index is 13.2. The van der Waals surface area contributed by atoms with E-state index in [9.17, 15) is 9.59 Å². The van der Waals surface area contributed by atoms with Crippen molar-refractivity contribution in [2.24, 2.45) is 0 Å². The quantitative estimate of drug-likeness (QED) is 0.409. The van der Waals surface area contributed by atoms with E-state index >= 15 is 0 Å². The molecule has 0 spiro atoms. The smallest absolute Gasteiger partial charge is 0.261 e. The van der Waals surface area contributed by atoms with E-state index < -0.39 is 0 Å². The van der Waals surface area contributed by atoms with Crippen molar-refractivity contribution in [1.82, 2.24) is 14.5 Å². The maximum Gasteiger partial charge on any atom is 0.261 e. The summed E-state index contributed by atoms with van der Waals surface area (Å²) in [7, 11) is 0. The lowest BCUT2D eigenvalue weighted by Gasteiger charge is -2.30. The largest absolute Gasteiger partial charge is 0.367 e. The van der Waals surface area contributed by atoms with Gasteiger partial charge in [0.1, 0.15) is 12.4 Å². The van der Waals surface area contributed by atoms with Gasteiger partial charge in [0, 0.05) is 13.1 Å². The van der Waals surface area contributed by atoms with Gasteiger partial charge in [-0.05, 0) is 38.0 Å². The Bertz CT molecular complexity index is 1080. The molecule has 0 saturated carbocycles. The van der Waals surface area contributed by atoms with Gasteiger partial charge in [-0.3, -0.25) is 14.2 Å². The van der Waals surface area contributed by atoms with Crippen molar-refractivity contribution in [2.45, 2.75) is 59.2 Å². The van der Waals surface area contributed by atoms with Crippen LogP contribution < -0.4 is 5.56 Å². The predicted octanol–water partition coefficient (Wildman–Crippen LogP) is 4.71. The van der Waals surface area contributed by atoms with Gasteiger partial charge in [-0.2, -0.15) is 0 Å². The molecule has 0 fully saturated rings. The highest BCUT2D eigenvalue weighted by Crippen LogP contribution is 2.21. The number of aromatic nitrogens is 2. The van der Waals surface area contributed by atoms with E-state index in [-0.39, 0.29) is 24.1 Å². The third-order valence-electron chi connectivity index (χ3n) is 5.71. The van der Waals surface area contributed by atoms with Crippen LogP contribution in [0.2, 0.25) is 0 Å². The Morgan fingerprint density at radius 2 is 1.78 bits per heavy atom. The first-order valence-electron chi connectivity index (χ1n) is 11.5. The second-order valence-electron chi connectivity index (χ2n) is 7.99. The number of para-hydroxylation sites is 1. The van der Waals surface area contributed by atoms with Crippen molar-refractivity contribution in [2.75, 3.05) is 13.2 Å². The molecule has 2 aromatic carbocycles. The summed E-state index contributed by atoms with van der Waals surface area (Å²) in [5, 5.41) is 0.598. The molecule has 32 heavy (non-hydrogen) atoms. The van der Waals surface area contributed by atoms with Gasteiger partial charge in [-0.25, -0.2) is 4.98 Å². The van der Waals surface area contributed by atoms with Gasteiger partial charge >= 0.3 is 0 Å². The van der Waals surface area contributed by atoms with Crippen molar-refractivity contribution in [3.8, 4) is 0 Å². The molecule has 1 amide bonds. The van der Waals surface area contributed by atoms with Crippen LogP contribution in [-0.4, -0.2) is 33.5 Å². The van der Waals surface area contributed by atoms with Crippen LogP contribution in [0.4, 0.5) is 0 Å². The minimum Gasteiger partial charge on any atom is -0.367 e. The number of nitrogens with zero attached hydrogens (tertiary/aromatic N) is 3. The summed E-state index contributed by atoms with van der Waals surface area (Å²) < 4.78 is 7.40. The second-order valence-corrected chi connectivity index (χ2v) is 7.99. The molecular weight excluding hydrogens is 402 g/mol. The number of rotatable bonds is 11. The van der Waals surface area contributed by atoms with Crippen molar-refractivity contribution < 1.29 is 9.53 Å². The molecule has 1 atom stereocenters. The molecule has 0 N–H and O–H groups in total. The first-order valence-corrected chi connectivity index (χ1v) is 11.5. The molecule has 3 aromatic rings. The van der Waals surface area contributed by atoms with Gasteiger partial charge in [0.2, 0.25) is 5.91 Å². The summed E-state index contributed by atoms with van der Waals surface area (Å²) in [6.45, 7) is 7.50. The number of ether oxygens (including phenoxy) is 1. The second kappa shape index (κ2) is 11.6. The number of hydrogen-bond donors (Lipinski definition) is 0. The minimum absolute atomic E-state index is 0.00466. The van der Waals surface area contributed by atoms with E-state index in [4.69, 9.17) is 9.72 Å². The van der Waals surface area contributed by atoms with E-state index in [1.165, 1.54) is 0 Å². The normalized spacial score (nSPS) is 12.1. The number of carbonyl (C=O) groups is 1. The highest BCUT2D eigenvalue weighted by atomic mass is 16.5. The van der Waals surface area contributed by atoms with Crippen LogP contribution in [0.1, 0.15) is 57.5 Å². The number of carbonyl (C=O) groups excluding carboxylic acids is 1. The van der Waals surface area contributed by atoms with Crippen LogP contribution in [0.15, 0.2) is 59.4 Å². The van der Waals surface area contributed by atoms with Crippen LogP contribution in [0.5, 0.6) is 0 Å². The third-order valence-corrected chi connectivity index (χ3v) is 5.71. The van der Waals surface area contributed by atoms with Crippen LogP contribution in [0.3, 0.4) is 0 Å². The number of fused-ring (bicyclic) bond motifs is 1. The van der Waals surface area contributed by atoms with E-state index in [1.807, 2.05) is 67.3 Å². The highest BCUT2D eigenvalue weighted by molar-refractivity contribution is 5.79. The Labute approximate surface area is 189 Å². The Morgan fingerprint density at radius 1 is 1.06 bits per heavy atom. The summed E-state index contributed by atoms with van der Waals surface area (Å²) in [6, 6.07) is 16.8. The summed E-state index contributed by atoms with van der Waals surface area (Å²) in [6.07, 6.45) is 3.00. The fourth-order valence-corrected chi connectivity index (χ4v) is 3.93. The number of hydrogen-bond acceptors (Lipinski definition) is 4. The summed E-state index contributed by atoms with van der Waals surface area (Å²) >= 11 is 0. The molecule has 0 aliphatic rings. The van der Waals surface area contributed by atoms with E-state index in [2.05, 4.69) is 6.92 Å². The fraction of sp³-hybridized carbons (Fsp3) is 0.423. The molecule has 6 nitrogen and oxygen atoms in total. The lowest BCUT2D eigenvalue weighted by Crippen LogP contribution is -2.40. The zero-order valence-corrected chi connectivity index (χ0v) is 19.3. The van der Waals surface area contributed by atoms with E-state index in [0.717, 1.165) is 24.8 Å². The van der Waals surface area contributed by atoms with Gasteiger partial charge < -0.3 is 9.64 Å². The Hall–Kier alpha value is -2.99. The fourth-order valence-electron chi connectivity index (χ4n) is 3.93. The highest BCUT2D eigenvalue weighted by Gasteiger charge is 2.25. The maximum absolute atomic E-state index is 13.2. The summed E-state index contributed by atoms with van der Waals surface area (Å²) in [5.74, 6) is 0.527. The first kappa shape index (κ1) is 23.7. The van der Waals surface area contributed by atoms with Crippen molar-refractivity contribution in [1.29, 1.82) is 0 Å². The molecule has 6 heteroatoms. The van der Waals surface area contributed by atoms with Crippen molar-refractivity contribution in [3.63, 3.8) is 0 Å². The van der Waals surface area contributed by atoms with Gasteiger partial charge in [-0.1, -0.05) is 62.2 Å². The molecule has 0 saturated heterocycles. The topological polar surface area (TPSA) is 64.4 Å². The molecule has 170 valence electrons. The van der Waals surface area contributed by atoms with E-state index in [0.29, 0.717) is 36.4 Å². The molecule has 1 unspecified atom stereocenters. The first-order chi connectivity index (χ1) is 15.6. The molecular formula is C26H33N3O3. The third kappa shape index (κ3) is 5.62. The SMILES string of the molecule is CCCCCN(C(=O)COCc1ccccc1)C(C)c1nc2ccccc2c(=O)n1CC. The van der Waals surface area contributed by atoms with Crippen LogP contribution in [0, 0.1) is 0 Å².